The van der Waals surface area contributed by atoms with Crippen LogP contribution in [0.1, 0.15) is 13.8 Å². The number of fused-ring (bicyclic) bond motifs is 1. The van der Waals surface area contributed by atoms with Crippen LogP contribution in [0.3, 0.4) is 0 Å². The molecule has 0 bridgehead atoms. The Bertz CT molecular complexity index is 284. The third kappa shape index (κ3) is 0.591. The van der Waals surface area contributed by atoms with Gasteiger partial charge in [-0.25, -0.2) is 4.79 Å². The van der Waals surface area contributed by atoms with Gasteiger partial charge in [-0.2, -0.15) is 0 Å². The van der Waals surface area contributed by atoms with Gasteiger partial charge in [0.15, 0.2) is 0 Å². The van der Waals surface area contributed by atoms with Gasteiger partial charge in [-0.05, 0) is 25.0 Å². The molecule has 1 heterocycles. The molecule has 2 atom stereocenters. The molecule has 1 fully saturated rings. The standard InChI is InChI=1S/C7H6Cl2O3/c1-3-4(2)7(9)6(3,8)11-5(10)12-7/h1-2H3. The van der Waals surface area contributed by atoms with Gasteiger partial charge in [-0.15, -0.1) is 0 Å². The van der Waals surface area contributed by atoms with E-state index in [0.717, 1.165) is 11.1 Å². The zero-order chi connectivity index (χ0) is 9.15. The normalized spacial score (nSPS) is 44.8. The van der Waals surface area contributed by atoms with Crippen molar-refractivity contribution in [3.63, 3.8) is 0 Å². The fourth-order valence-electron chi connectivity index (χ4n) is 1.44. The van der Waals surface area contributed by atoms with Crippen LogP contribution in [0.2, 0.25) is 0 Å². The summed E-state index contributed by atoms with van der Waals surface area (Å²) >= 11 is 11.9. The highest BCUT2D eigenvalue weighted by Gasteiger charge is 2.71. The number of alkyl halides is 2. The minimum absolute atomic E-state index is 0.741. The molecule has 2 rings (SSSR count). The van der Waals surface area contributed by atoms with E-state index in [0.29, 0.717) is 0 Å². The molecule has 1 aliphatic carbocycles. The summed E-state index contributed by atoms with van der Waals surface area (Å²) in [5, 5.41) is -2.56. The zero-order valence-electron chi connectivity index (χ0n) is 6.48. The minimum atomic E-state index is -1.28. The van der Waals surface area contributed by atoms with Crippen LogP contribution in [0.4, 0.5) is 4.79 Å². The van der Waals surface area contributed by atoms with Crippen LogP contribution >= 0.6 is 23.2 Å². The lowest BCUT2D eigenvalue weighted by atomic mass is 9.83. The summed E-state index contributed by atoms with van der Waals surface area (Å²) in [4.78, 5) is 10.8. The van der Waals surface area contributed by atoms with E-state index in [4.69, 9.17) is 32.7 Å². The largest absolute Gasteiger partial charge is 0.512 e. The van der Waals surface area contributed by atoms with Crippen molar-refractivity contribution in [2.24, 2.45) is 0 Å². The van der Waals surface area contributed by atoms with Crippen LogP contribution in [-0.4, -0.2) is 16.3 Å². The maximum Gasteiger partial charge on any atom is 0.512 e. The van der Waals surface area contributed by atoms with Gasteiger partial charge in [0.25, 0.3) is 10.1 Å². The fraction of sp³-hybridized carbons (Fsp3) is 0.571. The van der Waals surface area contributed by atoms with Gasteiger partial charge >= 0.3 is 6.16 Å². The number of ether oxygens (including phenoxy) is 2. The van der Waals surface area contributed by atoms with Gasteiger partial charge in [-0.3, -0.25) is 0 Å². The van der Waals surface area contributed by atoms with E-state index >= 15 is 0 Å². The third-order valence-corrected chi connectivity index (χ3v) is 3.74. The third-order valence-electron chi connectivity index (χ3n) is 2.39. The monoisotopic (exact) mass is 208 g/mol. The number of halogens is 2. The van der Waals surface area contributed by atoms with Crippen molar-refractivity contribution in [1.29, 1.82) is 0 Å². The second kappa shape index (κ2) is 1.91. The molecule has 2 unspecified atom stereocenters. The van der Waals surface area contributed by atoms with Crippen molar-refractivity contribution in [2.45, 2.75) is 24.0 Å². The van der Waals surface area contributed by atoms with E-state index in [1.807, 2.05) is 0 Å². The fourth-order valence-corrected chi connectivity index (χ4v) is 2.21. The molecular weight excluding hydrogens is 203 g/mol. The molecule has 0 amide bonds. The van der Waals surface area contributed by atoms with Crippen molar-refractivity contribution in [2.75, 3.05) is 0 Å². The quantitative estimate of drug-likeness (QED) is 0.349. The number of carbonyl (C=O) groups excluding carboxylic acids is 1. The van der Waals surface area contributed by atoms with Gasteiger partial charge in [-0.1, -0.05) is 23.2 Å². The Hall–Kier alpha value is -0.410. The lowest BCUT2D eigenvalue weighted by Gasteiger charge is -2.42. The van der Waals surface area contributed by atoms with Crippen molar-refractivity contribution < 1.29 is 14.3 Å². The molecule has 66 valence electrons. The van der Waals surface area contributed by atoms with Crippen LogP contribution in [0.5, 0.6) is 0 Å². The van der Waals surface area contributed by atoms with E-state index in [2.05, 4.69) is 0 Å². The van der Waals surface area contributed by atoms with E-state index < -0.39 is 16.3 Å². The zero-order valence-corrected chi connectivity index (χ0v) is 7.99. The lowest BCUT2D eigenvalue weighted by Crippen LogP contribution is -2.54. The van der Waals surface area contributed by atoms with Crippen LogP contribution < -0.4 is 0 Å². The minimum Gasteiger partial charge on any atom is -0.401 e. The van der Waals surface area contributed by atoms with Gasteiger partial charge < -0.3 is 9.47 Å². The summed E-state index contributed by atoms with van der Waals surface area (Å²) in [6.07, 6.45) is -0.823. The Labute approximate surface area is 79.2 Å². The first kappa shape index (κ1) is 8.20. The number of rotatable bonds is 0. The maximum atomic E-state index is 10.8. The molecular formula is C7H6Cl2O3. The van der Waals surface area contributed by atoms with E-state index in [-0.39, 0.29) is 0 Å². The lowest BCUT2D eigenvalue weighted by molar-refractivity contribution is 0.103. The van der Waals surface area contributed by atoms with Crippen LogP contribution in [-0.2, 0) is 9.47 Å². The summed E-state index contributed by atoms with van der Waals surface area (Å²) in [6, 6.07) is 0. The molecule has 0 aromatic carbocycles. The van der Waals surface area contributed by atoms with Gasteiger partial charge in [0, 0.05) is 0 Å². The molecule has 12 heavy (non-hydrogen) atoms. The molecule has 1 saturated heterocycles. The van der Waals surface area contributed by atoms with Crippen molar-refractivity contribution in [3.05, 3.63) is 11.1 Å². The first-order valence-corrected chi connectivity index (χ1v) is 4.15. The summed E-state index contributed by atoms with van der Waals surface area (Å²) in [6.45, 7) is 3.51. The molecule has 2 aliphatic rings. The summed E-state index contributed by atoms with van der Waals surface area (Å²) in [5.41, 5.74) is 1.48. The average Bonchev–Trinajstić information content (AvgIpc) is 2.20. The Balaban J connectivity index is 2.51. The molecule has 0 radical (unpaired) electrons. The first-order chi connectivity index (χ1) is 5.42. The number of hydrogen-bond donors (Lipinski definition) is 0. The smallest absolute Gasteiger partial charge is 0.401 e. The van der Waals surface area contributed by atoms with E-state index in [1.54, 1.807) is 13.8 Å². The second-order valence-corrected chi connectivity index (χ2v) is 3.96. The topological polar surface area (TPSA) is 35.5 Å². The molecule has 1 aliphatic heterocycles. The average molecular weight is 209 g/mol. The number of hydrogen-bond acceptors (Lipinski definition) is 3. The molecule has 3 nitrogen and oxygen atoms in total. The SMILES string of the molecule is CC1=C(C)C2(Cl)OC(=O)OC12Cl. The highest BCUT2D eigenvalue weighted by atomic mass is 35.5. The molecule has 0 aromatic rings. The van der Waals surface area contributed by atoms with Crippen molar-refractivity contribution in [1.82, 2.24) is 0 Å². The van der Waals surface area contributed by atoms with Crippen LogP contribution in [0.15, 0.2) is 11.1 Å². The van der Waals surface area contributed by atoms with Gasteiger partial charge in [0.1, 0.15) is 0 Å². The van der Waals surface area contributed by atoms with Crippen molar-refractivity contribution in [3.8, 4) is 0 Å². The highest BCUT2D eigenvalue weighted by molar-refractivity contribution is 6.39. The Morgan fingerprint density at radius 2 is 1.42 bits per heavy atom. The Morgan fingerprint density at radius 1 is 1.08 bits per heavy atom. The molecule has 0 spiro atoms. The molecule has 5 heteroatoms. The molecule has 0 saturated carbocycles. The van der Waals surface area contributed by atoms with Crippen LogP contribution in [0, 0.1) is 0 Å². The highest BCUT2D eigenvalue weighted by Crippen LogP contribution is 2.60. The first-order valence-electron chi connectivity index (χ1n) is 3.40. The number of carbonyl (C=O) groups is 1. The molecule has 0 N–H and O–H groups in total. The summed E-state index contributed by atoms with van der Waals surface area (Å²) < 4.78 is 9.50. The Kier molecular flexibility index (Phi) is 1.30. The Morgan fingerprint density at radius 3 is 1.75 bits per heavy atom. The van der Waals surface area contributed by atoms with E-state index in [1.165, 1.54) is 0 Å². The van der Waals surface area contributed by atoms with Crippen LogP contribution in [0.25, 0.3) is 0 Å². The predicted molar refractivity (Wildman–Crippen MR) is 43.1 cm³/mol. The second-order valence-electron chi connectivity index (χ2n) is 2.89. The summed E-state index contributed by atoms with van der Waals surface area (Å²) in [7, 11) is 0. The van der Waals surface area contributed by atoms with Crippen molar-refractivity contribution >= 4 is 29.4 Å². The van der Waals surface area contributed by atoms with E-state index in [9.17, 15) is 4.79 Å². The van der Waals surface area contributed by atoms with Gasteiger partial charge in [0.05, 0.1) is 0 Å². The maximum absolute atomic E-state index is 10.8. The molecule has 0 aromatic heterocycles. The summed E-state index contributed by atoms with van der Waals surface area (Å²) in [5.74, 6) is 0. The van der Waals surface area contributed by atoms with Gasteiger partial charge in [0.2, 0.25) is 0 Å². The predicted octanol–water partition coefficient (Wildman–Crippen LogP) is 2.37.